The Morgan fingerprint density at radius 3 is 2.88 bits per heavy atom. The van der Waals surface area contributed by atoms with E-state index < -0.39 is 0 Å². The molecule has 1 amide bonds. The van der Waals surface area contributed by atoms with Crippen LogP contribution in [-0.2, 0) is 24.2 Å². The van der Waals surface area contributed by atoms with Crippen LogP contribution >= 0.6 is 0 Å². The molecule has 4 rings (SSSR count). The van der Waals surface area contributed by atoms with Gasteiger partial charge in [0.1, 0.15) is 5.82 Å². The summed E-state index contributed by atoms with van der Waals surface area (Å²) in [6, 6.07) is 13.2. The Morgan fingerprint density at radius 1 is 1.18 bits per heavy atom. The summed E-state index contributed by atoms with van der Waals surface area (Å²) in [7, 11) is 0. The highest BCUT2D eigenvalue weighted by molar-refractivity contribution is 5.83. The van der Waals surface area contributed by atoms with Gasteiger partial charge in [0.2, 0.25) is 5.91 Å². The van der Waals surface area contributed by atoms with E-state index in [1.165, 1.54) is 17.2 Å². The van der Waals surface area contributed by atoms with Crippen LogP contribution in [0.5, 0.6) is 0 Å². The molecule has 3 N–H and O–H groups in total. The summed E-state index contributed by atoms with van der Waals surface area (Å²) >= 11 is 0. The van der Waals surface area contributed by atoms with Crippen LogP contribution in [0.15, 0.2) is 53.7 Å². The van der Waals surface area contributed by atoms with Crippen molar-refractivity contribution >= 4 is 22.8 Å². The van der Waals surface area contributed by atoms with Gasteiger partial charge in [0, 0.05) is 56.2 Å². The summed E-state index contributed by atoms with van der Waals surface area (Å²) in [4.78, 5) is 22.4. The van der Waals surface area contributed by atoms with E-state index in [9.17, 15) is 9.18 Å². The van der Waals surface area contributed by atoms with Crippen molar-refractivity contribution in [3.8, 4) is 0 Å². The number of amides is 1. The number of aromatic nitrogens is 1. The molecule has 0 bridgehead atoms. The number of halogens is 1. The van der Waals surface area contributed by atoms with Crippen molar-refractivity contribution < 1.29 is 9.18 Å². The molecule has 0 unspecified atom stereocenters. The Labute approximate surface area is 194 Å². The molecule has 6 nitrogen and oxygen atoms in total. The molecule has 174 valence electrons. The summed E-state index contributed by atoms with van der Waals surface area (Å²) in [5.41, 5.74) is 4.62. The molecule has 0 aliphatic carbocycles. The molecule has 0 saturated heterocycles. The number of H-pyrrole nitrogens is 1. The lowest BCUT2D eigenvalue weighted by atomic mass is 9.99. The maximum atomic E-state index is 13.6. The number of hydrogen-bond acceptors (Lipinski definition) is 2. The summed E-state index contributed by atoms with van der Waals surface area (Å²) in [6.07, 6.45) is 4.84. The van der Waals surface area contributed by atoms with Gasteiger partial charge in [-0.15, -0.1) is 0 Å². The summed E-state index contributed by atoms with van der Waals surface area (Å²) < 4.78 is 13.6. The Bertz CT molecular complexity index is 1120. The predicted octanol–water partition coefficient (Wildman–Crippen LogP) is 3.77. The molecule has 1 aliphatic rings. The second-order valence-corrected chi connectivity index (χ2v) is 8.38. The Morgan fingerprint density at radius 2 is 2.03 bits per heavy atom. The monoisotopic (exact) mass is 449 g/mol. The maximum absolute atomic E-state index is 13.6. The van der Waals surface area contributed by atoms with Crippen LogP contribution in [0.3, 0.4) is 0 Å². The highest BCUT2D eigenvalue weighted by Gasteiger charge is 2.19. The quantitative estimate of drug-likeness (QED) is 0.279. The first-order valence-corrected chi connectivity index (χ1v) is 11.8. The van der Waals surface area contributed by atoms with Gasteiger partial charge in [-0.05, 0) is 61.1 Å². The number of aliphatic imine (C=N–C) groups is 1. The molecule has 1 aromatic heterocycles. The average Bonchev–Trinajstić information content (AvgIpc) is 3.23. The van der Waals surface area contributed by atoms with Gasteiger partial charge in [0.15, 0.2) is 5.96 Å². The van der Waals surface area contributed by atoms with Crippen LogP contribution in [-0.4, -0.2) is 47.9 Å². The van der Waals surface area contributed by atoms with E-state index in [1.807, 2.05) is 24.1 Å². The van der Waals surface area contributed by atoms with E-state index in [2.05, 4.69) is 38.8 Å². The number of fused-ring (bicyclic) bond motifs is 2. The van der Waals surface area contributed by atoms with E-state index in [-0.39, 0.29) is 11.7 Å². The molecule has 0 fully saturated rings. The number of benzene rings is 2. The largest absolute Gasteiger partial charge is 0.361 e. The van der Waals surface area contributed by atoms with Crippen molar-refractivity contribution in [2.75, 3.05) is 26.2 Å². The van der Waals surface area contributed by atoms with Gasteiger partial charge < -0.3 is 20.5 Å². The zero-order valence-corrected chi connectivity index (χ0v) is 19.2. The van der Waals surface area contributed by atoms with Crippen molar-refractivity contribution in [1.29, 1.82) is 0 Å². The van der Waals surface area contributed by atoms with Crippen molar-refractivity contribution in [2.45, 2.75) is 39.2 Å². The zero-order chi connectivity index (χ0) is 23.0. The average molecular weight is 450 g/mol. The zero-order valence-electron chi connectivity index (χ0n) is 19.2. The van der Waals surface area contributed by atoms with Crippen LogP contribution in [0.2, 0.25) is 0 Å². The predicted molar refractivity (Wildman–Crippen MR) is 131 cm³/mol. The van der Waals surface area contributed by atoms with Gasteiger partial charge in [-0.2, -0.15) is 0 Å². The molecule has 2 aromatic carbocycles. The number of guanidine groups is 1. The molecular formula is C26H32FN5O. The minimum Gasteiger partial charge on any atom is -0.361 e. The van der Waals surface area contributed by atoms with E-state index in [4.69, 9.17) is 0 Å². The third-order valence-corrected chi connectivity index (χ3v) is 6.06. The molecular weight excluding hydrogens is 417 g/mol. The number of hydrogen-bond donors (Lipinski definition) is 3. The van der Waals surface area contributed by atoms with Crippen LogP contribution in [0, 0.1) is 5.82 Å². The lowest BCUT2D eigenvalue weighted by Gasteiger charge is -2.28. The third-order valence-electron chi connectivity index (χ3n) is 6.06. The summed E-state index contributed by atoms with van der Waals surface area (Å²) in [5.74, 6) is 0.710. The third kappa shape index (κ3) is 5.92. The first-order chi connectivity index (χ1) is 16.1. The van der Waals surface area contributed by atoms with E-state index in [0.29, 0.717) is 26.1 Å². The topological polar surface area (TPSA) is 72.5 Å². The number of aromatic amines is 1. The molecule has 2 heterocycles. The summed E-state index contributed by atoms with van der Waals surface area (Å²) in [5, 5.41) is 7.50. The highest BCUT2D eigenvalue weighted by Crippen LogP contribution is 2.20. The molecule has 7 heteroatoms. The first-order valence-electron chi connectivity index (χ1n) is 11.8. The Balaban J connectivity index is 1.22. The number of nitrogens with one attached hydrogen (secondary N) is 3. The molecule has 0 atom stereocenters. The van der Waals surface area contributed by atoms with Gasteiger partial charge in [-0.3, -0.25) is 9.79 Å². The second kappa shape index (κ2) is 11.0. The standard InChI is InChI=1S/C26H32FN5O/c1-2-28-26(30-14-11-20-17-31-24-10-9-22(27)16-23(20)24)29-13-5-8-25(33)32-15-12-19-6-3-4-7-21(19)18-32/h3-4,6-7,9-10,16-17,31H,2,5,8,11-15,18H2,1H3,(H2,28,29,30). The fraction of sp³-hybridized carbons (Fsp3) is 0.385. The molecule has 0 saturated carbocycles. The molecule has 1 aliphatic heterocycles. The Kier molecular flexibility index (Phi) is 7.60. The van der Waals surface area contributed by atoms with E-state index in [1.54, 1.807) is 12.1 Å². The van der Waals surface area contributed by atoms with Crippen molar-refractivity contribution in [3.63, 3.8) is 0 Å². The van der Waals surface area contributed by atoms with Gasteiger partial charge in [-0.1, -0.05) is 24.3 Å². The molecule has 33 heavy (non-hydrogen) atoms. The number of rotatable bonds is 8. The molecule has 0 radical (unpaired) electrons. The van der Waals surface area contributed by atoms with Crippen LogP contribution in [0.25, 0.3) is 10.9 Å². The molecule has 0 spiro atoms. The van der Waals surface area contributed by atoms with Crippen LogP contribution < -0.4 is 10.6 Å². The van der Waals surface area contributed by atoms with Crippen LogP contribution in [0.4, 0.5) is 4.39 Å². The normalized spacial score (nSPS) is 13.8. The minimum absolute atomic E-state index is 0.198. The van der Waals surface area contributed by atoms with Gasteiger partial charge in [-0.25, -0.2) is 4.39 Å². The van der Waals surface area contributed by atoms with Crippen molar-refractivity contribution in [1.82, 2.24) is 20.5 Å². The first kappa shape index (κ1) is 22.8. The lowest BCUT2D eigenvalue weighted by Crippen LogP contribution is -2.38. The fourth-order valence-electron chi connectivity index (χ4n) is 4.30. The van der Waals surface area contributed by atoms with Gasteiger partial charge in [0.05, 0.1) is 0 Å². The molecule has 3 aromatic rings. The number of carbonyl (C=O) groups excluding carboxylic acids is 1. The fourth-order valence-corrected chi connectivity index (χ4v) is 4.30. The maximum Gasteiger partial charge on any atom is 0.222 e. The SMILES string of the molecule is CCNC(=NCCCC(=O)N1CCc2ccccc2C1)NCCc1c[nH]c2ccc(F)cc12. The van der Waals surface area contributed by atoms with Crippen molar-refractivity contribution in [3.05, 3.63) is 71.2 Å². The summed E-state index contributed by atoms with van der Waals surface area (Å²) in [6.45, 7) is 5.56. The minimum atomic E-state index is -0.227. The van der Waals surface area contributed by atoms with E-state index >= 15 is 0 Å². The second-order valence-electron chi connectivity index (χ2n) is 8.38. The number of carbonyl (C=O) groups is 1. The van der Waals surface area contributed by atoms with Gasteiger partial charge in [0.25, 0.3) is 0 Å². The van der Waals surface area contributed by atoms with E-state index in [0.717, 1.165) is 54.8 Å². The van der Waals surface area contributed by atoms with Crippen molar-refractivity contribution in [2.24, 2.45) is 4.99 Å². The smallest absolute Gasteiger partial charge is 0.222 e. The Hall–Kier alpha value is -3.35. The highest BCUT2D eigenvalue weighted by atomic mass is 19.1. The number of nitrogens with zero attached hydrogens (tertiary/aromatic N) is 2. The lowest BCUT2D eigenvalue weighted by molar-refractivity contribution is -0.132. The van der Waals surface area contributed by atoms with Crippen LogP contribution in [0.1, 0.15) is 36.5 Å². The van der Waals surface area contributed by atoms with Gasteiger partial charge >= 0.3 is 0 Å².